The van der Waals surface area contributed by atoms with Gasteiger partial charge in [0.25, 0.3) is 0 Å². The molecule has 2 unspecified atom stereocenters. The van der Waals surface area contributed by atoms with Gasteiger partial charge in [-0.25, -0.2) is 0 Å². The van der Waals surface area contributed by atoms with Crippen LogP contribution in [-0.2, 0) is 13.6 Å². The number of nitrogens with one attached hydrogen (secondary N) is 1. The minimum atomic E-state index is -0.564. The number of hydrogen-bond acceptors (Lipinski definition) is 3. The summed E-state index contributed by atoms with van der Waals surface area (Å²) in [5.74, 6) is 0. The quantitative estimate of drug-likeness (QED) is 0.816. The number of aliphatic hydroxyl groups is 1. The summed E-state index contributed by atoms with van der Waals surface area (Å²) in [5, 5.41) is 17.9. The van der Waals surface area contributed by atoms with Gasteiger partial charge in [-0.3, -0.25) is 4.68 Å². The van der Waals surface area contributed by atoms with Crippen molar-refractivity contribution < 1.29 is 5.11 Å². The van der Waals surface area contributed by atoms with Crippen molar-refractivity contribution in [1.82, 2.24) is 15.1 Å². The second-order valence-corrected chi connectivity index (χ2v) is 4.38. The molecule has 2 aromatic rings. The third-order valence-electron chi connectivity index (χ3n) is 3.38. The molecule has 17 heavy (non-hydrogen) atoms. The van der Waals surface area contributed by atoms with E-state index in [1.165, 1.54) is 11.1 Å². The van der Waals surface area contributed by atoms with E-state index in [-0.39, 0.29) is 6.04 Å². The Kier molecular flexibility index (Phi) is 2.46. The van der Waals surface area contributed by atoms with Gasteiger partial charge in [-0.15, -0.1) is 0 Å². The molecule has 1 aliphatic rings. The standard InChI is InChI=1S/C13H15N3O/c1-16-11(6-7-15-16)13(17)12-10-5-3-2-4-9(10)8-14-12/h2-7,12-14,17H,8H2,1H3. The van der Waals surface area contributed by atoms with E-state index in [0.29, 0.717) is 0 Å². The molecule has 4 heteroatoms. The molecule has 1 aliphatic heterocycles. The van der Waals surface area contributed by atoms with Gasteiger partial charge in [0.05, 0.1) is 11.7 Å². The molecule has 0 fully saturated rings. The minimum Gasteiger partial charge on any atom is -0.385 e. The maximum atomic E-state index is 10.4. The SMILES string of the molecule is Cn1nccc1C(O)C1NCc2ccccc21. The summed E-state index contributed by atoms with van der Waals surface area (Å²) >= 11 is 0. The summed E-state index contributed by atoms with van der Waals surface area (Å²) in [6.07, 6.45) is 1.14. The molecule has 1 aromatic heterocycles. The Morgan fingerprint density at radius 1 is 1.41 bits per heavy atom. The normalized spacial score (nSPS) is 20.2. The van der Waals surface area contributed by atoms with Crippen LogP contribution in [0.3, 0.4) is 0 Å². The number of fused-ring (bicyclic) bond motifs is 1. The molecule has 2 atom stereocenters. The smallest absolute Gasteiger partial charge is 0.115 e. The number of rotatable bonds is 2. The molecule has 1 aromatic carbocycles. The number of hydrogen-bond donors (Lipinski definition) is 2. The summed E-state index contributed by atoms with van der Waals surface area (Å²) in [4.78, 5) is 0. The highest BCUT2D eigenvalue weighted by atomic mass is 16.3. The lowest BCUT2D eigenvalue weighted by atomic mass is 9.99. The van der Waals surface area contributed by atoms with Gasteiger partial charge in [0.1, 0.15) is 6.10 Å². The molecular formula is C13H15N3O. The summed E-state index contributed by atoms with van der Waals surface area (Å²) in [5.41, 5.74) is 3.28. The van der Waals surface area contributed by atoms with Crippen molar-refractivity contribution in [3.8, 4) is 0 Å². The van der Waals surface area contributed by atoms with Crippen LogP contribution >= 0.6 is 0 Å². The van der Waals surface area contributed by atoms with Crippen LogP contribution in [0.2, 0.25) is 0 Å². The van der Waals surface area contributed by atoms with Crippen molar-refractivity contribution in [3.05, 3.63) is 53.3 Å². The van der Waals surface area contributed by atoms with Gasteiger partial charge < -0.3 is 10.4 Å². The fraction of sp³-hybridized carbons (Fsp3) is 0.308. The molecule has 3 rings (SSSR count). The molecule has 0 aliphatic carbocycles. The molecule has 2 heterocycles. The molecule has 0 radical (unpaired) electrons. The van der Waals surface area contributed by atoms with Crippen LogP contribution in [0.15, 0.2) is 36.5 Å². The Labute approximate surface area is 99.9 Å². The molecule has 0 saturated heterocycles. The average molecular weight is 229 g/mol. The third-order valence-corrected chi connectivity index (χ3v) is 3.38. The van der Waals surface area contributed by atoms with Crippen molar-refractivity contribution in [2.75, 3.05) is 0 Å². The number of nitrogens with zero attached hydrogens (tertiary/aromatic N) is 2. The van der Waals surface area contributed by atoms with Gasteiger partial charge in [0.15, 0.2) is 0 Å². The Bertz CT molecular complexity index is 535. The van der Waals surface area contributed by atoms with Crippen molar-refractivity contribution in [2.45, 2.75) is 18.7 Å². The van der Waals surface area contributed by atoms with E-state index in [4.69, 9.17) is 0 Å². The molecule has 88 valence electrons. The first kappa shape index (κ1) is 10.5. The van der Waals surface area contributed by atoms with E-state index in [0.717, 1.165) is 12.2 Å². The Morgan fingerprint density at radius 3 is 3.00 bits per heavy atom. The fourth-order valence-corrected chi connectivity index (χ4v) is 2.46. The predicted molar refractivity (Wildman–Crippen MR) is 64.2 cm³/mol. The maximum Gasteiger partial charge on any atom is 0.115 e. The van der Waals surface area contributed by atoms with Crippen LogP contribution in [0.25, 0.3) is 0 Å². The third kappa shape index (κ3) is 1.66. The van der Waals surface area contributed by atoms with Crippen molar-refractivity contribution in [1.29, 1.82) is 0 Å². The largest absolute Gasteiger partial charge is 0.385 e. The second kappa shape index (κ2) is 3.98. The highest BCUT2D eigenvalue weighted by Crippen LogP contribution is 2.34. The number of aromatic nitrogens is 2. The van der Waals surface area contributed by atoms with E-state index in [2.05, 4.69) is 22.5 Å². The van der Waals surface area contributed by atoms with E-state index < -0.39 is 6.10 Å². The number of aryl methyl sites for hydroxylation is 1. The maximum absolute atomic E-state index is 10.4. The lowest BCUT2D eigenvalue weighted by Gasteiger charge is -2.19. The van der Waals surface area contributed by atoms with Crippen molar-refractivity contribution in [2.24, 2.45) is 7.05 Å². The van der Waals surface area contributed by atoms with E-state index in [1.807, 2.05) is 25.2 Å². The van der Waals surface area contributed by atoms with Crippen molar-refractivity contribution in [3.63, 3.8) is 0 Å². The summed E-state index contributed by atoms with van der Waals surface area (Å²) in [6.45, 7) is 0.815. The predicted octanol–water partition coefficient (Wildman–Crippen LogP) is 1.30. The summed E-state index contributed by atoms with van der Waals surface area (Å²) in [7, 11) is 1.85. The van der Waals surface area contributed by atoms with E-state index >= 15 is 0 Å². The fourth-order valence-electron chi connectivity index (χ4n) is 2.46. The van der Waals surface area contributed by atoms with Gasteiger partial charge in [0.2, 0.25) is 0 Å². The number of benzene rings is 1. The van der Waals surface area contributed by atoms with Gasteiger partial charge in [-0.2, -0.15) is 5.10 Å². The summed E-state index contributed by atoms with van der Waals surface area (Å²) in [6, 6.07) is 10.0. The molecular weight excluding hydrogens is 214 g/mol. The molecule has 2 N–H and O–H groups in total. The zero-order chi connectivity index (χ0) is 11.8. The van der Waals surface area contributed by atoms with Gasteiger partial charge in [-0.1, -0.05) is 24.3 Å². The first-order valence-electron chi connectivity index (χ1n) is 5.74. The second-order valence-electron chi connectivity index (χ2n) is 4.38. The van der Waals surface area contributed by atoms with Crippen molar-refractivity contribution >= 4 is 0 Å². The van der Waals surface area contributed by atoms with Crippen LogP contribution < -0.4 is 5.32 Å². The zero-order valence-corrected chi connectivity index (χ0v) is 9.67. The van der Waals surface area contributed by atoms with Gasteiger partial charge in [-0.05, 0) is 17.2 Å². The average Bonchev–Trinajstić information content (AvgIpc) is 2.94. The molecule has 4 nitrogen and oxygen atoms in total. The minimum absolute atomic E-state index is 0.0402. The van der Waals surface area contributed by atoms with Crippen LogP contribution in [0, 0.1) is 0 Å². The molecule has 0 spiro atoms. The lowest BCUT2D eigenvalue weighted by Crippen LogP contribution is -2.22. The highest BCUT2D eigenvalue weighted by molar-refractivity contribution is 5.35. The van der Waals surface area contributed by atoms with E-state index in [1.54, 1.807) is 10.9 Å². The Hall–Kier alpha value is -1.65. The summed E-state index contributed by atoms with van der Waals surface area (Å²) < 4.78 is 1.72. The topological polar surface area (TPSA) is 50.1 Å². The van der Waals surface area contributed by atoms with Crippen LogP contribution in [0.4, 0.5) is 0 Å². The first-order valence-corrected chi connectivity index (χ1v) is 5.74. The van der Waals surface area contributed by atoms with Crippen LogP contribution in [0.5, 0.6) is 0 Å². The highest BCUT2D eigenvalue weighted by Gasteiger charge is 2.30. The Balaban J connectivity index is 1.95. The molecule has 0 amide bonds. The number of aliphatic hydroxyl groups excluding tert-OH is 1. The van der Waals surface area contributed by atoms with Crippen LogP contribution in [0.1, 0.15) is 29.0 Å². The first-order chi connectivity index (χ1) is 8.27. The van der Waals surface area contributed by atoms with Crippen LogP contribution in [-0.4, -0.2) is 14.9 Å². The zero-order valence-electron chi connectivity index (χ0n) is 9.67. The monoisotopic (exact) mass is 229 g/mol. The van der Waals surface area contributed by atoms with Gasteiger partial charge in [0, 0.05) is 19.8 Å². The Morgan fingerprint density at radius 2 is 2.24 bits per heavy atom. The molecule has 0 saturated carbocycles. The van der Waals surface area contributed by atoms with Gasteiger partial charge >= 0.3 is 0 Å². The van der Waals surface area contributed by atoms with E-state index in [9.17, 15) is 5.11 Å². The molecule has 0 bridgehead atoms. The lowest BCUT2D eigenvalue weighted by molar-refractivity contribution is 0.125.